The molecule has 3 heterocycles. The Hall–Kier alpha value is -2.16. The molecule has 0 aliphatic carbocycles. The molecule has 6 N–H and O–H groups in total. The summed E-state index contributed by atoms with van der Waals surface area (Å²) >= 11 is 5.89. The molecule has 0 spiro atoms. The average Bonchev–Trinajstić information content (AvgIpc) is 3.30. The van der Waals surface area contributed by atoms with E-state index >= 15 is 0 Å². The van der Waals surface area contributed by atoms with Crippen molar-refractivity contribution < 1.29 is 38.2 Å². The lowest BCUT2D eigenvalue weighted by molar-refractivity contribution is -0.0313. The van der Waals surface area contributed by atoms with Crippen molar-refractivity contribution in [1.29, 1.82) is 0 Å². The zero-order valence-electron chi connectivity index (χ0n) is 18.6. The Morgan fingerprint density at radius 2 is 2.09 bits per heavy atom. The molecule has 0 amide bonds. The lowest BCUT2D eigenvalue weighted by Crippen LogP contribution is -2.51. The van der Waals surface area contributed by atoms with Crippen LogP contribution in [0.1, 0.15) is 0 Å². The first kappa shape index (κ1) is 25.9. The predicted molar refractivity (Wildman–Crippen MR) is 127 cm³/mol. The Balaban J connectivity index is 1.53. The first-order valence-electron chi connectivity index (χ1n) is 10.7. The minimum atomic E-state index is -4.76. The van der Waals surface area contributed by atoms with Gasteiger partial charge in [0.05, 0.1) is 19.2 Å². The monoisotopic (exact) mass is 530 g/mol. The topological polar surface area (TPSA) is 190 Å². The Morgan fingerprint density at radius 3 is 2.74 bits per heavy atom. The number of nitrogens with two attached hydrogens (primary N) is 1. The number of phosphoric acid groups is 1. The summed E-state index contributed by atoms with van der Waals surface area (Å²) < 4.78 is 32.7. The Morgan fingerprint density at radius 1 is 1.37 bits per heavy atom. The van der Waals surface area contributed by atoms with Crippen molar-refractivity contribution in [3.63, 3.8) is 0 Å². The molecule has 0 bridgehead atoms. The molecule has 2 aliphatic heterocycles. The fourth-order valence-electron chi connectivity index (χ4n) is 4.44. The number of aliphatic hydroxyl groups is 1. The maximum absolute atomic E-state index is 12.7. The van der Waals surface area contributed by atoms with Crippen LogP contribution < -0.4 is 26.5 Å². The zero-order valence-corrected chi connectivity index (χ0v) is 20.3. The van der Waals surface area contributed by atoms with Crippen LogP contribution in [0.25, 0.3) is 0 Å². The van der Waals surface area contributed by atoms with Crippen LogP contribution in [0.3, 0.4) is 0 Å². The molecule has 190 valence electrons. The number of anilines is 2. The number of aromatic nitrogens is 2. The van der Waals surface area contributed by atoms with Crippen LogP contribution in [0.15, 0.2) is 29.1 Å². The molecular formula is C19H25BClN4O9P. The lowest BCUT2D eigenvalue weighted by Gasteiger charge is -2.22. The Bertz CT molecular complexity index is 1150. The number of phosphoric ester groups is 1. The van der Waals surface area contributed by atoms with E-state index < -0.39 is 51.0 Å². The normalized spacial score (nSPS) is 24.1. The summed E-state index contributed by atoms with van der Waals surface area (Å²) in [5, 5.41) is 11.5. The first-order chi connectivity index (χ1) is 16.6. The van der Waals surface area contributed by atoms with E-state index in [1.807, 2.05) is 0 Å². The molecule has 13 nitrogen and oxygen atoms in total. The van der Waals surface area contributed by atoms with Crippen molar-refractivity contribution in [1.82, 2.24) is 9.97 Å². The van der Waals surface area contributed by atoms with Crippen molar-refractivity contribution >= 4 is 43.4 Å². The standard InChI is InChI=1S/C19H25BClN4O9P/c1-31-15-12(8-33-35(28,29)30)34-17(14(15)26)20-9-25(13-16(20)23-19(22)24-18(13)27)6-7-32-11-4-2-10(21)3-5-11/h2-5,12,14-15,17,26H,6-9H2,1H3,(H2,28,29,30)(H3,22,23,24,27)/t12-,14-,15-,17-/m1/s1. The van der Waals surface area contributed by atoms with Gasteiger partial charge in [-0.05, 0) is 24.3 Å². The fourth-order valence-corrected chi connectivity index (χ4v) is 4.91. The van der Waals surface area contributed by atoms with Gasteiger partial charge in [-0.3, -0.25) is 14.3 Å². The van der Waals surface area contributed by atoms with Crippen LogP contribution in [-0.4, -0.2) is 89.2 Å². The summed E-state index contributed by atoms with van der Waals surface area (Å²) in [7, 11) is -3.42. The van der Waals surface area contributed by atoms with Gasteiger partial charge >= 0.3 is 7.82 Å². The maximum Gasteiger partial charge on any atom is 0.469 e. The van der Waals surface area contributed by atoms with Crippen LogP contribution in [0.2, 0.25) is 5.02 Å². The minimum Gasteiger partial charge on any atom is -0.492 e. The molecule has 0 saturated carbocycles. The average molecular weight is 531 g/mol. The van der Waals surface area contributed by atoms with Crippen molar-refractivity contribution in [2.45, 2.75) is 24.3 Å². The molecule has 4 rings (SSSR count). The van der Waals surface area contributed by atoms with Gasteiger partial charge in [0.15, 0.2) is 5.95 Å². The van der Waals surface area contributed by atoms with E-state index in [9.17, 15) is 14.5 Å². The summed E-state index contributed by atoms with van der Waals surface area (Å²) in [6.45, 7) is -0.523. The lowest BCUT2D eigenvalue weighted by atomic mass is 9.43. The number of nitrogen functional groups attached to an aromatic ring is 1. The quantitative estimate of drug-likeness (QED) is 0.195. The van der Waals surface area contributed by atoms with Gasteiger partial charge < -0.3 is 39.7 Å². The number of fused-ring (bicyclic) bond motifs is 1. The van der Waals surface area contributed by atoms with Crippen LogP contribution in [0.4, 0.5) is 11.6 Å². The molecule has 0 radical (unpaired) electrons. The smallest absolute Gasteiger partial charge is 0.469 e. The van der Waals surface area contributed by atoms with Gasteiger partial charge in [-0.1, -0.05) is 11.6 Å². The molecule has 35 heavy (non-hydrogen) atoms. The summed E-state index contributed by atoms with van der Waals surface area (Å²) in [6.07, 6.45) is -2.81. The maximum atomic E-state index is 12.7. The van der Waals surface area contributed by atoms with Crippen LogP contribution in [0.5, 0.6) is 5.75 Å². The van der Waals surface area contributed by atoms with Crippen molar-refractivity contribution in [2.75, 3.05) is 43.9 Å². The number of hydrogen-bond donors (Lipinski definition) is 5. The van der Waals surface area contributed by atoms with E-state index in [0.717, 1.165) is 0 Å². The molecule has 1 saturated heterocycles. The number of benzene rings is 1. The molecule has 1 aromatic heterocycles. The number of nitrogens with one attached hydrogen (secondary N) is 1. The second kappa shape index (κ2) is 10.5. The SMILES string of the molecule is CO[C@H]1[C@@H](O)[C@H](B2CN(CCOc3ccc(Cl)cc3)c3c2nc(N)[nH]c3=O)O[C@@H]1COP(=O)(O)O. The van der Waals surface area contributed by atoms with Crippen LogP contribution >= 0.6 is 19.4 Å². The molecule has 16 heteroatoms. The number of nitrogens with zero attached hydrogens (tertiary/aromatic N) is 2. The number of ether oxygens (including phenoxy) is 3. The molecule has 2 aromatic rings. The van der Waals surface area contributed by atoms with Gasteiger partial charge in [0.25, 0.3) is 12.3 Å². The molecular weight excluding hydrogens is 505 g/mol. The molecule has 0 unspecified atom stereocenters. The van der Waals surface area contributed by atoms with E-state index in [2.05, 4.69) is 14.5 Å². The fraction of sp³-hybridized carbons (Fsp3) is 0.474. The van der Waals surface area contributed by atoms with Gasteiger partial charge in [-0.25, -0.2) is 9.55 Å². The van der Waals surface area contributed by atoms with E-state index in [-0.39, 0.29) is 24.7 Å². The van der Waals surface area contributed by atoms with Crippen LogP contribution in [-0.2, 0) is 18.6 Å². The highest BCUT2D eigenvalue weighted by molar-refractivity contribution is 7.46. The number of aliphatic hydroxyl groups excluding tert-OH is 1. The molecule has 1 fully saturated rings. The number of rotatable bonds is 9. The van der Waals surface area contributed by atoms with Gasteiger partial charge in [0, 0.05) is 24.2 Å². The molecule has 1 aromatic carbocycles. The van der Waals surface area contributed by atoms with E-state index in [4.69, 9.17) is 41.3 Å². The van der Waals surface area contributed by atoms with E-state index in [0.29, 0.717) is 22.9 Å². The highest BCUT2D eigenvalue weighted by atomic mass is 35.5. The second-order valence-corrected chi connectivity index (χ2v) is 9.83. The third kappa shape index (κ3) is 5.81. The number of aromatic amines is 1. The molecule has 4 atom stereocenters. The number of halogens is 1. The van der Waals surface area contributed by atoms with Crippen molar-refractivity contribution in [3.8, 4) is 5.75 Å². The number of hydrogen-bond acceptors (Lipinski definition) is 10. The van der Waals surface area contributed by atoms with Crippen molar-refractivity contribution in [2.24, 2.45) is 0 Å². The van der Waals surface area contributed by atoms with Crippen LogP contribution in [0, 0.1) is 0 Å². The summed E-state index contributed by atoms with van der Waals surface area (Å²) in [5.74, 6) is 0.523. The van der Waals surface area contributed by atoms with Gasteiger partial charge in [-0.2, -0.15) is 0 Å². The summed E-state index contributed by atoms with van der Waals surface area (Å²) in [4.78, 5) is 39.3. The van der Waals surface area contributed by atoms with Crippen molar-refractivity contribution in [3.05, 3.63) is 39.6 Å². The summed E-state index contributed by atoms with van der Waals surface area (Å²) in [6, 6.07) is 5.96. The van der Waals surface area contributed by atoms with Gasteiger partial charge in [0.2, 0.25) is 0 Å². The minimum absolute atomic E-state index is 0.0878. The Kier molecular flexibility index (Phi) is 7.74. The highest BCUT2D eigenvalue weighted by Crippen LogP contribution is 2.38. The Labute approximate surface area is 205 Å². The largest absolute Gasteiger partial charge is 0.492 e. The summed E-state index contributed by atoms with van der Waals surface area (Å²) in [5.41, 5.74) is 5.96. The number of H-pyrrole nitrogens is 1. The third-order valence-electron chi connectivity index (χ3n) is 5.92. The second-order valence-electron chi connectivity index (χ2n) is 8.16. The number of methoxy groups -OCH3 is 1. The first-order valence-corrected chi connectivity index (χ1v) is 12.6. The molecule has 2 aliphatic rings. The van der Waals surface area contributed by atoms with Gasteiger partial charge in [0.1, 0.15) is 36.4 Å². The van der Waals surface area contributed by atoms with Gasteiger partial charge in [-0.15, -0.1) is 0 Å². The highest BCUT2D eigenvalue weighted by Gasteiger charge is 2.53. The predicted octanol–water partition coefficient (Wildman–Crippen LogP) is -1.06. The van der Waals surface area contributed by atoms with E-state index in [1.165, 1.54) is 7.11 Å². The third-order valence-corrected chi connectivity index (χ3v) is 6.65. The zero-order chi connectivity index (χ0) is 25.3. The van der Waals surface area contributed by atoms with E-state index in [1.54, 1.807) is 29.2 Å².